The van der Waals surface area contributed by atoms with Crippen molar-refractivity contribution in [2.75, 3.05) is 38.7 Å². The summed E-state index contributed by atoms with van der Waals surface area (Å²) in [5, 5.41) is 1.28. The zero-order valence-electron chi connectivity index (χ0n) is 19.6. The smallest absolute Gasteiger partial charge is 0.233 e. The number of ether oxygens (including phenoxy) is 1. The molecule has 3 rings (SSSR count). The number of thioether (sulfide) groups is 1. The monoisotopic (exact) mass is 471 g/mol. The molecule has 0 aliphatic carbocycles. The molecule has 1 aromatic heterocycles. The van der Waals surface area contributed by atoms with Gasteiger partial charge in [0.15, 0.2) is 5.13 Å². The summed E-state index contributed by atoms with van der Waals surface area (Å²) in [4.78, 5) is 23.4. The van der Waals surface area contributed by atoms with E-state index in [2.05, 4.69) is 57.1 Å². The van der Waals surface area contributed by atoms with Crippen molar-refractivity contribution in [1.29, 1.82) is 0 Å². The van der Waals surface area contributed by atoms with E-state index in [0.717, 1.165) is 39.6 Å². The molecule has 5 nitrogen and oxygen atoms in total. The summed E-state index contributed by atoms with van der Waals surface area (Å²) in [5.41, 5.74) is 1.85. The molecule has 172 valence electrons. The number of hydrogen-bond acceptors (Lipinski definition) is 6. The third kappa shape index (κ3) is 6.70. The first-order valence-corrected chi connectivity index (χ1v) is 12.8. The number of aromatic nitrogens is 1. The van der Waals surface area contributed by atoms with Crippen LogP contribution in [-0.2, 0) is 11.2 Å². The maximum absolute atomic E-state index is 13.4. The van der Waals surface area contributed by atoms with Gasteiger partial charge in [-0.25, -0.2) is 4.98 Å². The Morgan fingerprint density at radius 1 is 1.12 bits per heavy atom. The lowest BCUT2D eigenvalue weighted by Gasteiger charge is -2.21. The highest BCUT2D eigenvalue weighted by Crippen LogP contribution is 2.34. The molecule has 7 heteroatoms. The van der Waals surface area contributed by atoms with E-state index in [-0.39, 0.29) is 5.91 Å². The Hall–Kier alpha value is -2.09. The molecule has 2 aromatic carbocycles. The Morgan fingerprint density at radius 3 is 2.53 bits per heavy atom. The second-order valence-electron chi connectivity index (χ2n) is 8.22. The lowest BCUT2D eigenvalue weighted by Crippen LogP contribution is -2.34. The zero-order chi connectivity index (χ0) is 23.1. The second-order valence-corrected chi connectivity index (χ2v) is 10.9. The summed E-state index contributed by atoms with van der Waals surface area (Å²) >= 11 is 3.38. The van der Waals surface area contributed by atoms with Crippen molar-refractivity contribution in [2.45, 2.75) is 43.8 Å². The van der Waals surface area contributed by atoms with E-state index in [0.29, 0.717) is 24.8 Å². The molecule has 0 atom stereocenters. The summed E-state index contributed by atoms with van der Waals surface area (Å²) in [6, 6.07) is 14.3. The zero-order valence-corrected chi connectivity index (χ0v) is 21.3. The van der Waals surface area contributed by atoms with Crippen molar-refractivity contribution >= 4 is 44.4 Å². The van der Waals surface area contributed by atoms with Crippen LogP contribution in [-0.4, -0.2) is 54.8 Å². The van der Waals surface area contributed by atoms with E-state index in [1.54, 1.807) is 11.3 Å². The van der Waals surface area contributed by atoms with E-state index in [4.69, 9.17) is 9.72 Å². The van der Waals surface area contributed by atoms with Crippen LogP contribution in [0.5, 0.6) is 5.75 Å². The number of thiazole rings is 1. The van der Waals surface area contributed by atoms with Gasteiger partial charge < -0.3 is 9.64 Å². The van der Waals surface area contributed by atoms with Crippen molar-refractivity contribution < 1.29 is 9.53 Å². The first-order chi connectivity index (χ1) is 15.4. The molecule has 0 aliphatic rings. The van der Waals surface area contributed by atoms with Crippen LogP contribution in [0.2, 0.25) is 0 Å². The Kier molecular flexibility index (Phi) is 8.96. The predicted octanol–water partition coefficient (Wildman–Crippen LogP) is 5.72. The Morgan fingerprint density at radius 2 is 1.88 bits per heavy atom. The first-order valence-electron chi connectivity index (χ1n) is 11.1. The average molecular weight is 472 g/mol. The van der Waals surface area contributed by atoms with E-state index in [1.807, 2.05) is 41.8 Å². The fraction of sp³-hybridized carbons (Fsp3) is 0.440. The third-order valence-electron chi connectivity index (χ3n) is 4.84. The van der Waals surface area contributed by atoms with E-state index >= 15 is 0 Å². The molecule has 0 bridgehead atoms. The number of carbonyl (C=O) groups is 1. The summed E-state index contributed by atoms with van der Waals surface area (Å²) in [5.74, 6) is 0.844. The van der Waals surface area contributed by atoms with Gasteiger partial charge in [0, 0.05) is 16.7 Å². The maximum atomic E-state index is 13.4. The quantitative estimate of drug-likeness (QED) is 0.335. The van der Waals surface area contributed by atoms with Gasteiger partial charge in [-0.15, -0.1) is 11.8 Å². The lowest BCUT2D eigenvalue weighted by atomic mass is 10.1. The van der Waals surface area contributed by atoms with Gasteiger partial charge in [-0.05, 0) is 63.8 Å². The fourth-order valence-electron chi connectivity index (χ4n) is 3.40. The SMILES string of the molecule is CCOc1cccc2sc(N(CCCN(C)C)C(=O)Cc3ccc(SC(C)C)cc3)nc12. The van der Waals surface area contributed by atoms with Gasteiger partial charge in [-0.2, -0.15) is 0 Å². The van der Waals surface area contributed by atoms with Crippen molar-refractivity contribution in [2.24, 2.45) is 0 Å². The Bertz CT molecular complexity index is 1020. The number of rotatable bonds is 11. The topological polar surface area (TPSA) is 45.7 Å². The first kappa shape index (κ1) is 24.6. The normalized spacial score (nSPS) is 11.5. The van der Waals surface area contributed by atoms with Crippen molar-refractivity contribution in [3.8, 4) is 5.75 Å². The minimum atomic E-state index is 0.0741. The Labute approximate surface area is 199 Å². The van der Waals surface area contributed by atoms with Gasteiger partial charge in [0.05, 0.1) is 17.7 Å². The molecule has 3 aromatic rings. The highest BCUT2D eigenvalue weighted by Gasteiger charge is 2.21. The van der Waals surface area contributed by atoms with Crippen LogP contribution >= 0.6 is 23.1 Å². The molecular weight excluding hydrogens is 438 g/mol. The van der Waals surface area contributed by atoms with Gasteiger partial charge in [-0.3, -0.25) is 9.69 Å². The van der Waals surface area contributed by atoms with Crippen molar-refractivity contribution in [1.82, 2.24) is 9.88 Å². The van der Waals surface area contributed by atoms with Crippen LogP contribution < -0.4 is 9.64 Å². The fourth-order valence-corrected chi connectivity index (χ4v) is 5.26. The minimum Gasteiger partial charge on any atom is -0.492 e. The molecular formula is C25H33N3O2S2. The van der Waals surface area contributed by atoms with Gasteiger partial charge in [0.25, 0.3) is 0 Å². The maximum Gasteiger partial charge on any atom is 0.233 e. The van der Waals surface area contributed by atoms with Crippen LogP contribution in [0.3, 0.4) is 0 Å². The largest absolute Gasteiger partial charge is 0.492 e. The summed E-state index contributed by atoms with van der Waals surface area (Å²) in [7, 11) is 4.10. The number of anilines is 1. The van der Waals surface area contributed by atoms with Crippen molar-refractivity contribution in [3.05, 3.63) is 48.0 Å². The standard InChI is InChI=1S/C25H33N3O2S2/c1-6-30-21-9-7-10-22-24(21)26-25(32-22)28(16-8-15-27(4)5)23(29)17-19-11-13-20(14-12-19)31-18(2)3/h7,9-14,18H,6,8,15-17H2,1-5H3. The molecule has 1 amide bonds. The molecule has 0 radical (unpaired) electrons. The average Bonchev–Trinajstić information content (AvgIpc) is 3.17. The van der Waals surface area contributed by atoms with Gasteiger partial charge in [0.1, 0.15) is 11.3 Å². The second kappa shape index (κ2) is 11.7. The molecule has 32 heavy (non-hydrogen) atoms. The van der Waals surface area contributed by atoms with E-state index < -0.39 is 0 Å². The van der Waals surface area contributed by atoms with E-state index in [1.165, 1.54) is 4.90 Å². The van der Waals surface area contributed by atoms with Crippen molar-refractivity contribution in [3.63, 3.8) is 0 Å². The molecule has 0 aliphatic heterocycles. The number of fused-ring (bicyclic) bond motifs is 1. The molecule has 0 spiro atoms. The summed E-state index contributed by atoms with van der Waals surface area (Å²) in [6.45, 7) is 8.48. The van der Waals surface area contributed by atoms with Crippen LogP contribution in [0.25, 0.3) is 10.2 Å². The molecule has 0 saturated carbocycles. The van der Waals surface area contributed by atoms with Gasteiger partial charge >= 0.3 is 0 Å². The van der Waals surface area contributed by atoms with Crippen LogP contribution in [0.1, 0.15) is 32.8 Å². The number of para-hydroxylation sites is 1. The number of amides is 1. The lowest BCUT2D eigenvalue weighted by molar-refractivity contribution is -0.118. The predicted molar refractivity (Wildman–Crippen MR) is 137 cm³/mol. The number of nitrogens with zero attached hydrogens (tertiary/aromatic N) is 3. The number of benzene rings is 2. The molecule has 0 saturated heterocycles. The molecule has 0 unspecified atom stereocenters. The highest BCUT2D eigenvalue weighted by atomic mass is 32.2. The molecule has 1 heterocycles. The number of hydrogen-bond donors (Lipinski definition) is 0. The summed E-state index contributed by atoms with van der Waals surface area (Å²) < 4.78 is 6.79. The Balaban J connectivity index is 1.82. The van der Waals surface area contributed by atoms with Crippen LogP contribution in [0.15, 0.2) is 47.4 Å². The van der Waals surface area contributed by atoms with Gasteiger partial charge in [-0.1, -0.05) is 43.4 Å². The van der Waals surface area contributed by atoms with Crippen LogP contribution in [0, 0.1) is 0 Å². The third-order valence-corrected chi connectivity index (χ3v) is 6.90. The minimum absolute atomic E-state index is 0.0741. The number of carbonyl (C=O) groups excluding carboxylic acids is 1. The van der Waals surface area contributed by atoms with Crippen LogP contribution in [0.4, 0.5) is 5.13 Å². The summed E-state index contributed by atoms with van der Waals surface area (Å²) in [6.07, 6.45) is 1.25. The highest BCUT2D eigenvalue weighted by molar-refractivity contribution is 7.99. The van der Waals surface area contributed by atoms with E-state index in [9.17, 15) is 4.79 Å². The molecule has 0 fully saturated rings. The van der Waals surface area contributed by atoms with Gasteiger partial charge in [0.2, 0.25) is 5.91 Å². The molecule has 0 N–H and O–H groups in total.